The molecule has 0 aliphatic carbocycles. The summed E-state index contributed by atoms with van der Waals surface area (Å²) in [5.41, 5.74) is 0.870. The normalized spacial score (nSPS) is 22.9. The van der Waals surface area contributed by atoms with Crippen molar-refractivity contribution in [3.8, 4) is 0 Å². The molecule has 0 saturated carbocycles. The van der Waals surface area contributed by atoms with Gasteiger partial charge in [0, 0.05) is 6.54 Å². The molecule has 0 amide bonds. The molecule has 0 radical (unpaired) electrons. The van der Waals surface area contributed by atoms with Gasteiger partial charge in [0.2, 0.25) is 0 Å². The van der Waals surface area contributed by atoms with Crippen molar-refractivity contribution in [1.82, 2.24) is 5.32 Å². The van der Waals surface area contributed by atoms with Gasteiger partial charge in [0.05, 0.1) is 6.10 Å². The van der Waals surface area contributed by atoms with E-state index in [0.29, 0.717) is 12.3 Å². The second kappa shape index (κ2) is 4.73. The summed E-state index contributed by atoms with van der Waals surface area (Å²) in [4.78, 5) is 0. The molecule has 1 saturated heterocycles. The molecule has 1 heterocycles. The van der Waals surface area contributed by atoms with Crippen molar-refractivity contribution in [2.45, 2.75) is 18.9 Å². The van der Waals surface area contributed by atoms with Crippen molar-refractivity contribution in [2.24, 2.45) is 5.92 Å². The van der Waals surface area contributed by atoms with Crippen LogP contribution in [0.4, 0.5) is 4.39 Å². The van der Waals surface area contributed by atoms with Crippen LogP contribution in [0.2, 0.25) is 0 Å². The van der Waals surface area contributed by atoms with Crippen molar-refractivity contribution in [1.29, 1.82) is 0 Å². The molecular weight excluding hydrogens is 193 g/mol. The quantitative estimate of drug-likeness (QED) is 0.787. The second-order valence-electron chi connectivity index (χ2n) is 4.15. The minimum absolute atomic E-state index is 0.232. The summed E-state index contributed by atoms with van der Waals surface area (Å²) in [6.07, 6.45) is 1.20. The maximum atomic E-state index is 12.9. The Morgan fingerprint density at radius 2 is 2.40 bits per heavy atom. The third kappa shape index (κ3) is 2.76. The van der Waals surface area contributed by atoms with Crippen molar-refractivity contribution >= 4 is 0 Å². The fraction of sp³-hybridized carbons (Fsp3) is 0.500. The summed E-state index contributed by atoms with van der Waals surface area (Å²) in [6.45, 7) is 1.85. The average Bonchev–Trinajstić information content (AvgIpc) is 2.70. The van der Waals surface area contributed by atoms with E-state index in [1.54, 1.807) is 6.07 Å². The number of hydrogen-bond donors (Lipinski definition) is 2. The van der Waals surface area contributed by atoms with Crippen LogP contribution in [-0.4, -0.2) is 24.3 Å². The van der Waals surface area contributed by atoms with Gasteiger partial charge in [-0.1, -0.05) is 12.1 Å². The van der Waals surface area contributed by atoms with Crippen LogP contribution < -0.4 is 5.32 Å². The third-order valence-corrected chi connectivity index (χ3v) is 2.98. The van der Waals surface area contributed by atoms with Crippen molar-refractivity contribution < 1.29 is 9.50 Å². The predicted octanol–water partition coefficient (Wildman–Crippen LogP) is 1.34. The zero-order valence-electron chi connectivity index (χ0n) is 8.62. The molecule has 1 aromatic carbocycles. The van der Waals surface area contributed by atoms with Crippen LogP contribution in [0.1, 0.15) is 12.0 Å². The number of nitrogens with one attached hydrogen (secondary N) is 1. The molecule has 2 rings (SSSR count). The topological polar surface area (TPSA) is 32.3 Å². The summed E-state index contributed by atoms with van der Waals surface area (Å²) < 4.78 is 12.9. The van der Waals surface area contributed by atoms with Crippen LogP contribution >= 0.6 is 0 Å². The fourth-order valence-electron chi connectivity index (χ4n) is 2.08. The number of aliphatic hydroxyl groups is 1. The van der Waals surface area contributed by atoms with Gasteiger partial charge in [-0.3, -0.25) is 0 Å². The van der Waals surface area contributed by atoms with Gasteiger partial charge in [0.25, 0.3) is 0 Å². The molecule has 2 atom stereocenters. The molecule has 1 aliphatic rings. The number of hydrogen-bond acceptors (Lipinski definition) is 2. The van der Waals surface area contributed by atoms with Crippen molar-refractivity contribution in [2.75, 3.05) is 13.1 Å². The van der Waals surface area contributed by atoms with Gasteiger partial charge < -0.3 is 10.4 Å². The van der Waals surface area contributed by atoms with Gasteiger partial charge in [-0.25, -0.2) is 4.39 Å². The predicted molar refractivity (Wildman–Crippen MR) is 57.1 cm³/mol. The summed E-state index contributed by atoms with van der Waals surface area (Å²) in [5.74, 6) is 0.0810. The Labute approximate surface area is 89.1 Å². The number of aliphatic hydroxyl groups excluding tert-OH is 1. The lowest BCUT2D eigenvalue weighted by molar-refractivity contribution is 0.117. The van der Waals surface area contributed by atoms with E-state index < -0.39 is 0 Å². The minimum Gasteiger partial charge on any atom is -0.392 e. The van der Waals surface area contributed by atoms with E-state index in [0.717, 1.165) is 25.1 Å². The molecule has 1 aliphatic heterocycles. The van der Waals surface area contributed by atoms with Crippen LogP contribution in [0.15, 0.2) is 24.3 Å². The van der Waals surface area contributed by atoms with Crippen LogP contribution in [0, 0.1) is 11.7 Å². The number of benzene rings is 1. The summed E-state index contributed by atoms with van der Waals surface area (Å²) in [7, 11) is 0. The van der Waals surface area contributed by atoms with E-state index in [-0.39, 0.29) is 11.9 Å². The van der Waals surface area contributed by atoms with Gasteiger partial charge in [-0.2, -0.15) is 0 Å². The second-order valence-corrected chi connectivity index (χ2v) is 4.15. The highest BCUT2D eigenvalue weighted by Gasteiger charge is 2.22. The maximum Gasteiger partial charge on any atom is 0.123 e. The molecule has 2 nitrogen and oxygen atoms in total. The maximum absolute atomic E-state index is 12.9. The highest BCUT2D eigenvalue weighted by molar-refractivity contribution is 5.17. The van der Waals surface area contributed by atoms with Crippen LogP contribution in [0.5, 0.6) is 0 Å². The Morgan fingerprint density at radius 1 is 1.53 bits per heavy atom. The Balaban J connectivity index is 1.95. The average molecular weight is 209 g/mol. The molecule has 82 valence electrons. The first-order valence-corrected chi connectivity index (χ1v) is 5.39. The Kier molecular flexibility index (Phi) is 3.34. The first kappa shape index (κ1) is 10.6. The molecule has 15 heavy (non-hydrogen) atoms. The molecule has 1 fully saturated rings. The van der Waals surface area contributed by atoms with E-state index in [1.807, 2.05) is 6.07 Å². The van der Waals surface area contributed by atoms with Gasteiger partial charge >= 0.3 is 0 Å². The standard InChI is InChI=1S/C12H16FNO/c13-11-3-1-2-9(6-11)7-12(15)10-4-5-14-8-10/h1-3,6,10,12,14-15H,4-5,7-8H2. The molecule has 3 heteroatoms. The molecule has 0 aromatic heterocycles. The van der Waals surface area contributed by atoms with E-state index in [2.05, 4.69) is 5.32 Å². The van der Waals surface area contributed by atoms with Crippen molar-refractivity contribution in [3.63, 3.8) is 0 Å². The summed E-state index contributed by atoms with van der Waals surface area (Å²) in [5, 5.41) is 13.1. The van der Waals surface area contributed by atoms with E-state index >= 15 is 0 Å². The van der Waals surface area contributed by atoms with Gasteiger partial charge in [-0.15, -0.1) is 0 Å². The molecule has 0 bridgehead atoms. The lowest BCUT2D eigenvalue weighted by atomic mass is 9.95. The first-order valence-electron chi connectivity index (χ1n) is 5.39. The molecule has 2 N–H and O–H groups in total. The van der Waals surface area contributed by atoms with E-state index in [4.69, 9.17) is 0 Å². The fourth-order valence-corrected chi connectivity index (χ4v) is 2.08. The molecular formula is C12H16FNO. The minimum atomic E-state index is -0.359. The zero-order chi connectivity index (χ0) is 10.7. The monoisotopic (exact) mass is 209 g/mol. The smallest absolute Gasteiger partial charge is 0.123 e. The summed E-state index contributed by atoms with van der Waals surface area (Å²) >= 11 is 0. The SMILES string of the molecule is OC(Cc1cccc(F)c1)C1CCNC1. The van der Waals surface area contributed by atoms with Gasteiger partial charge in [0.15, 0.2) is 0 Å². The summed E-state index contributed by atoms with van der Waals surface area (Å²) in [6, 6.07) is 6.46. The molecule has 1 aromatic rings. The molecule has 0 spiro atoms. The Bertz CT molecular complexity index is 323. The first-order chi connectivity index (χ1) is 7.25. The van der Waals surface area contributed by atoms with Crippen LogP contribution in [0.3, 0.4) is 0 Å². The lowest BCUT2D eigenvalue weighted by Crippen LogP contribution is -2.24. The van der Waals surface area contributed by atoms with Crippen LogP contribution in [-0.2, 0) is 6.42 Å². The number of rotatable bonds is 3. The van der Waals surface area contributed by atoms with Gasteiger partial charge in [0.1, 0.15) is 5.82 Å². The van der Waals surface area contributed by atoms with Gasteiger partial charge in [-0.05, 0) is 43.0 Å². The molecule has 2 unspecified atom stereocenters. The Morgan fingerprint density at radius 3 is 3.07 bits per heavy atom. The van der Waals surface area contributed by atoms with Crippen molar-refractivity contribution in [3.05, 3.63) is 35.6 Å². The highest BCUT2D eigenvalue weighted by atomic mass is 19.1. The largest absolute Gasteiger partial charge is 0.392 e. The van der Waals surface area contributed by atoms with E-state index in [9.17, 15) is 9.50 Å². The van der Waals surface area contributed by atoms with E-state index in [1.165, 1.54) is 12.1 Å². The highest BCUT2D eigenvalue weighted by Crippen LogP contribution is 2.17. The zero-order valence-corrected chi connectivity index (χ0v) is 8.62. The number of halogens is 1. The van der Waals surface area contributed by atoms with Crippen LogP contribution in [0.25, 0.3) is 0 Å². The Hall–Kier alpha value is -0.930. The lowest BCUT2D eigenvalue weighted by Gasteiger charge is -2.16. The third-order valence-electron chi connectivity index (χ3n) is 2.98.